The normalized spacial score (nSPS) is 36.3. The number of hydrogen-bond acceptors (Lipinski definition) is 6. The molecule has 3 saturated heterocycles. The summed E-state index contributed by atoms with van der Waals surface area (Å²) in [5.41, 5.74) is -4.72. The quantitative estimate of drug-likeness (QED) is 0.644. The van der Waals surface area contributed by atoms with Crippen molar-refractivity contribution >= 4 is 23.4 Å². The second kappa shape index (κ2) is 7.09. The van der Waals surface area contributed by atoms with Gasteiger partial charge in [-0.3, -0.25) is 9.69 Å². The summed E-state index contributed by atoms with van der Waals surface area (Å²) in [6.07, 6.45) is -7.00. The molecule has 3 aliphatic rings. The zero-order valence-electron chi connectivity index (χ0n) is 15.7. The van der Waals surface area contributed by atoms with Crippen molar-refractivity contribution in [1.82, 2.24) is 0 Å². The largest absolute Gasteiger partial charge is 0.417 e. The van der Waals surface area contributed by atoms with Gasteiger partial charge in [0, 0.05) is 17.4 Å². The van der Waals surface area contributed by atoms with Crippen LogP contribution in [-0.4, -0.2) is 51.2 Å². The fourth-order valence-electron chi connectivity index (χ4n) is 4.62. The molecule has 2 N–H and O–H groups in total. The highest BCUT2D eigenvalue weighted by Crippen LogP contribution is 2.52. The second-order valence-electron chi connectivity index (χ2n) is 7.82. The van der Waals surface area contributed by atoms with Gasteiger partial charge < -0.3 is 14.9 Å². The van der Waals surface area contributed by atoms with E-state index >= 15 is 0 Å². The number of anilines is 1. The molecule has 4 rings (SSSR count). The van der Waals surface area contributed by atoms with E-state index in [2.05, 4.69) is 0 Å². The maximum Gasteiger partial charge on any atom is 0.417 e. The summed E-state index contributed by atoms with van der Waals surface area (Å²) < 4.78 is 60.3. The van der Waals surface area contributed by atoms with Gasteiger partial charge in [-0.05, 0) is 18.6 Å². The summed E-state index contributed by atoms with van der Waals surface area (Å²) in [4.78, 5) is 14.1. The molecular formula is C19H18F4N2O4S. The van der Waals surface area contributed by atoms with E-state index < -0.39 is 63.8 Å². The molecule has 6 atom stereocenters. The highest BCUT2D eigenvalue weighted by molar-refractivity contribution is 8.01. The van der Waals surface area contributed by atoms with Crippen LogP contribution in [0.4, 0.5) is 23.2 Å². The third-order valence-electron chi connectivity index (χ3n) is 6.02. The van der Waals surface area contributed by atoms with E-state index in [1.807, 2.05) is 0 Å². The van der Waals surface area contributed by atoms with Crippen molar-refractivity contribution in [1.29, 1.82) is 5.26 Å². The minimum Gasteiger partial charge on any atom is -0.390 e. The van der Waals surface area contributed by atoms with Gasteiger partial charge in [-0.25, -0.2) is 4.39 Å². The van der Waals surface area contributed by atoms with E-state index in [1.54, 1.807) is 6.92 Å². The molecule has 0 saturated carbocycles. The summed E-state index contributed by atoms with van der Waals surface area (Å²) in [7, 11) is 0. The van der Waals surface area contributed by atoms with E-state index in [0.717, 1.165) is 4.90 Å². The molecule has 0 aliphatic carbocycles. The molecule has 1 aromatic rings. The van der Waals surface area contributed by atoms with Crippen LogP contribution in [0.2, 0.25) is 0 Å². The SMILES string of the molecule is CC1CC(O)C2(O)CCOC3[C@@H]2[C@@H](S1)C(=O)N3c1cc(F)c(C#N)c(C(F)(F)F)c1. The molecule has 30 heavy (non-hydrogen) atoms. The maximum absolute atomic E-state index is 14.4. The molecule has 0 bridgehead atoms. The number of nitrogens with zero attached hydrogens (tertiary/aromatic N) is 2. The Morgan fingerprint density at radius 2 is 2.10 bits per heavy atom. The van der Waals surface area contributed by atoms with Gasteiger partial charge in [0.15, 0.2) is 0 Å². The molecular weight excluding hydrogens is 428 g/mol. The van der Waals surface area contributed by atoms with Crippen LogP contribution in [0.3, 0.4) is 0 Å². The van der Waals surface area contributed by atoms with Crippen molar-refractivity contribution in [3.05, 3.63) is 29.1 Å². The summed E-state index contributed by atoms with van der Waals surface area (Å²) in [6, 6.07) is 2.45. The molecule has 0 radical (unpaired) electrons. The topological polar surface area (TPSA) is 93.8 Å². The number of carbonyl (C=O) groups is 1. The summed E-state index contributed by atoms with van der Waals surface area (Å²) in [5.74, 6) is -2.94. The van der Waals surface area contributed by atoms with Crippen LogP contribution in [0.25, 0.3) is 0 Å². The van der Waals surface area contributed by atoms with Crippen LogP contribution in [0.5, 0.6) is 0 Å². The standard InChI is InChI=1S/C19H18F4N2O4S/c1-8-4-13(26)18(28)2-3-29-17-14(18)15(30-8)16(27)25(17)9-5-11(19(21,22)23)10(7-24)12(20)6-9/h5-6,8,13-15,17,26,28H,2-4H2,1H3/t8?,13?,14-,15+,17?,18?/m0/s1. The molecule has 4 unspecified atom stereocenters. The average molecular weight is 446 g/mol. The van der Waals surface area contributed by atoms with Crippen molar-refractivity contribution < 1.29 is 37.3 Å². The number of thioether (sulfide) groups is 1. The van der Waals surface area contributed by atoms with Crippen LogP contribution < -0.4 is 4.90 Å². The predicted molar refractivity (Wildman–Crippen MR) is 97.9 cm³/mol. The molecule has 3 heterocycles. The number of nitriles is 1. The number of amides is 1. The number of rotatable bonds is 1. The van der Waals surface area contributed by atoms with Gasteiger partial charge >= 0.3 is 6.18 Å². The number of hydrogen-bond donors (Lipinski definition) is 2. The zero-order valence-corrected chi connectivity index (χ0v) is 16.5. The van der Waals surface area contributed by atoms with E-state index in [1.165, 1.54) is 17.8 Å². The first-order chi connectivity index (χ1) is 14.0. The lowest BCUT2D eigenvalue weighted by molar-refractivity contribution is -0.186. The third kappa shape index (κ3) is 3.09. The minimum atomic E-state index is -5.01. The van der Waals surface area contributed by atoms with Crippen LogP contribution in [0.1, 0.15) is 30.9 Å². The fourth-order valence-corrected chi connectivity index (χ4v) is 6.19. The Kier molecular flexibility index (Phi) is 5.05. The molecule has 3 aliphatic heterocycles. The Morgan fingerprint density at radius 3 is 2.73 bits per heavy atom. The Labute approximate surface area is 173 Å². The number of carbonyl (C=O) groups excluding carboxylic acids is 1. The van der Waals surface area contributed by atoms with E-state index in [9.17, 15) is 32.6 Å². The first kappa shape index (κ1) is 21.4. The summed E-state index contributed by atoms with van der Waals surface area (Å²) >= 11 is 1.21. The van der Waals surface area contributed by atoms with Gasteiger partial charge in [0.1, 0.15) is 29.3 Å². The Morgan fingerprint density at radius 1 is 1.40 bits per heavy atom. The molecule has 0 spiro atoms. The molecule has 3 fully saturated rings. The first-order valence-electron chi connectivity index (χ1n) is 9.30. The number of aliphatic hydroxyl groups excluding tert-OH is 1. The molecule has 1 amide bonds. The average Bonchev–Trinajstić information content (AvgIpc) is 2.87. The molecule has 162 valence electrons. The first-order valence-corrected chi connectivity index (χ1v) is 10.2. The van der Waals surface area contributed by atoms with Crippen LogP contribution in [-0.2, 0) is 15.7 Å². The smallest absolute Gasteiger partial charge is 0.390 e. The Balaban J connectivity index is 1.85. The summed E-state index contributed by atoms with van der Waals surface area (Å²) in [6.45, 7) is 1.75. The highest BCUT2D eigenvalue weighted by atomic mass is 32.2. The van der Waals surface area contributed by atoms with Crippen LogP contribution in [0.15, 0.2) is 12.1 Å². The number of aliphatic hydroxyl groups is 2. The molecule has 0 aromatic heterocycles. The Bertz CT molecular complexity index is 936. The van der Waals surface area contributed by atoms with Crippen molar-refractivity contribution in [3.8, 4) is 6.07 Å². The lowest BCUT2D eigenvalue weighted by Crippen LogP contribution is -2.59. The fraction of sp³-hybridized carbons (Fsp3) is 0.579. The van der Waals surface area contributed by atoms with E-state index in [4.69, 9.17) is 10.00 Å². The predicted octanol–water partition coefficient (Wildman–Crippen LogP) is 2.41. The molecule has 11 heteroatoms. The highest BCUT2D eigenvalue weighted by Gasteiger charge is 2.64. The number of halogens is 4. The van der Waals surface area contributed by atoms with Gasteiger partial charge in [-0.2, -0.15) is 18.4 Å². The van der Waals surface area contributed by atoms with E-state index in [-0.39, 0.29) is 24.7 Å². The van der Waals surface area contributed by atoms with Gasteiger partial charge in [0.25, 0.3) is 0 Å². The van der Waals surface area contributed by atoms with Crippen molar-refractivity contribution in [3.63, 3.8) is 0 Å². The maximum atomic E-state index is 14.4. The molecule has 6 nitrogen and oxygen atoms in total. The third-order valence-corrected chi connectivity index (χ3v) is 7.46. The second-order valence-corrected chi connectivity index (χ2v) is 9.40. The minimum absolute atomic E-state index is 0.0326. The number of ether oxygens (including phenoxy) is 1. The summed E-state index contributed by atoms with van der Waals surface area (Å²) in [5, 5.41) is 29.7. The lowest BCUT2D eigenvalue weighted by Gasteiger charge is -2.45. The van der Waals surface area contributed by atoms with Gasteiger partial charge in [0.05, 0.1) is 29.4 Å². The number of benzene rings is 1. The van der Waals surface area contributed by atoms with Crippen LogP contribution in [0, 0.1) is 23.1 Å². The monoisotopic (exact) mass is 446 g/mol. The zero-order chi connectivity index (χ0) is 22.0. The number of alkyl halides is 3. The van der Waals surface area contributed by atoms with Crippen molar-refractivity contribution in [2.24, 2.45) is 5.92 Å². The van der Waals surface area contributed by atoms with Crippen LogP contribution >= 0.6 is 11.8 Å². The van der Waals surface area contributed by atoms with E-state index in [0.29, 0.717) is 12.1 Å². The van der Waals surface area contributed by atoms with Gasteiger partial charge in [-0.15, -0.1) is 11.8 Å². The van der Waals surface area contributed by atoms with Crippen molar-refractivity contribution in [2.75, 3.05) is 11.5 Å². The van der Waals surface area contributed by atoms with Gasteiger partial charge in [-0.1, -0.05) is 6.92 Å². The van der Waals surface area contributed by atoms with Gasteiger partial charge in [0.2, 0.25) is 5.91 Å². The van der Waals surface area contributed by atoms with Crippen molar-refractivity contribution in [2.45, 2.75) is 54.4 Å². The Hall–Kier alpha value is -1.87. The molecule has 1 aromatic carbocycles. The lowest BCUT2D eigenvalue weighted by atomic mass is 9.75.